The molecule has 1 unspecified atom stereocenters. The van der Waals surface area contributed by atoms with Crippen LogP contribution in [0.1, 0.15) is 59.9 Å². The Morgan fingerprint density at radius 2 is 1.64 bits per heavy atom. The second-order valence-electron chi connectivity index (χ2n) is 6.27. The summed E-state index contributed by atoms with van der Waals surface area (Å²) in [6, 6.07) is 9.53. The van der Waals surface area contributed by atoms with Crippen molar-refractivity contribution in [1.29, 1.82) is 0 Å². The van der Waals surface area contributed by atoms with Crippen molar-refractivity contribution in [3.63, 3.8) is 0 Å². The van der Waals surface area contributed by atoms with Crippen molar-refractivity contribution in [2.75, 3.05) is 13.7 Å². The van der Waals surface area contributed by atoms with Crippen LogP contribution in [0.25, 0.3) is 0 Å². The molecule has 0 fully saturated rings. The molecule has 0 radical (unpaired) electrons. The summed E-state index contributed by atoms with van der Waals surface area (Å²) in [5.74, 6) is 0.698. The van der Waals surface area contributed by atoms with Crippen LogP contribution in [0.3, 0.4) is 0 Å². The van der Waals surface area contributed by atoms with E-state index in [1.807, 2.05) is 37.1 Å². The number of rotatable bonds is 9. The number of aliphatic hydroxyl groups is 1. The normalized spacial score (nSPS) is 9.68. The van der Waals surface area contributed by atoms with Gasteiger partial charge in [-0.25, -0.2) is 0 Å². The quantitative estimate of drug-likeness (QED) is 0.554. The van der Waals surface area contributed by atoms with Crippen LogP contribution in [0.4, 0.5) is 0 Å². The van der Waals surface area contributed by atoms with Crippen LogP contribution in [-0.2, 0) is 20.9 Å². The van der Waals surface area contributed by atoms with Gasteiger partial charge >= 0.3 is 0 Å². The molecule has 6 heteroatoms. The second-order valence-corrected chi connectivity index (χ2v) is 6.27. The smallest absolute Gasteiger partial charge is 0.234 e. The Kier molecular flexibility index (Phi) is 32.5. The third kappa shape index (κ3) is 26.2. The number of aliphatic hydroxyl groups excluding tert-OH is 1. The van der Waals surface area contributed by atoms with Crippen molar-refractivity contribution in [3.05, 3.63) is 35.9 Å². The van der Waals surface area contributed by atoms with Crippen molar-refractivity contribution >= 4 is 19.0 Å². The van der Waals surface area contributed by atoms with Crippen LogP contribution in [-0.4, -0.2) is 43.8 Å². The van der Waals surface area contributed by atoms with E-state index in [-0.39, 0.29) is 25.9 Å². The number of nitrogens with one attached hydrogen (secondary N) is 2. The molecule has 0 aliphatic heterocycles. The van der Waals surface area contributed by atoms with E-state index in [0.717, 1.165) is 37.7 Å². The molecule has 0 bridgehead atoms. The van der Waals surface area contributed by atoms with E-state index in [0.29, 0.717) is 13.0 Å². The maximum atomic E-state index is 11.6. The Bertz CT molecular complexity index is 437. The van der Waals surface area contributed by atoms with E-state index in [9.17, 15) is 9.59 Å². The van der Waals surface area contributed by atoms with Crippen LogP contribution < -0.4 is 10.6 Å². The summed E-state index contributed by atoms with van der Waals surface area (Å²) in [5.41, 5.74) is 1.13. The zero-order valence-electron chi connectivity index (χ0n) is 17.5. The third-order valence-corrected chi connectivity index (χ3v) is 2.84. The first kappa shape index (κ1) is 33.5. The molecule has 0 heterocycles. The fraction of sp³-hybridized carbons (Fsp3) is 0.591. The van der Waals surface area contributed by atoms with E-state index in [1.165, 1.54) is 0 Å². The van der Waals surface area contributed by atoms with E-state index >= 15 is 0 Å². The van der Waals surface area contributed by atoms with Crippen LogP contribution in [0.15, 0.2) is 30.3 Å². The summed E-state index contributed by atoms with van der Waals surface area (Å²) >= 11 is 0. The molecule has 28 heavy (non-hydrogen) atoms. The molecule has 0 spiro atoms. The van der Waals surface area contributed by atoms with Crippen molar-refractivity contribution in [2.24, 2.45) is 5.92 Å². The van der Waals surface area contributed by atoms with Gasteiger partial charge in [0.2, 0.25) is 5.91 Å². The van der Waals surface area contributed by atoms with E-state index in [4.69, 9.17) is 9.90 Å². The van der Waals surface area contributed by atoms with Gasteiger partial charge in [0.15, 0.2) is 0 Å². The average Bonchev–Trinajstić information content (AvgIpc) is 2.68. The Balaban J connectivity index is -0.000000278. The molecular formula is C22H42N2O4. The molecule has 6 nitrogen and oxygen atoms in total. The fourth-order valence-electron chi connectivity index (χ4n) is 1.77. The fourth-order valence-corrected chi connectivity index (χ4v) is 1.77. The van der Waals surface area contributed by atoms with Gasteiger partial charge in [-0.1, -0.05) is 78.3 Å². The molecular weight excluding hydrogens is 356 g/mol. The number of unbranched alkanes of at least 4 members (excludes halogenated alkanes) is 1. The van der Waals surface area contributed by atoms with Gasteiger partial charge in [0.05, 0.1) is 12.6 Å². The predicted molar refractivity (Wildman–Crippen MR) is 118 cm³/mol. The first-order chi connectivity index (χ1) is 13.0. The molecule has 0 aliphatic rings. The minimum absolute atomic E-state index is 0. The van der Waals surface area contributed by atoms with E-state index in [2.05, 4.69) is 38.3 Å². The Hall–Kier alpha value is -2.05. The Labute approximate surface area is 172 Å². The van der Waals surface area contributed by atoms with Gasteiger partial charge in [0.25, 0.3) is 0 Å². The largest absolute Gasteiger partial charge is 0.400 e. The summed E-state index contributed by atoms with van der Waals surface area (Å²) in [6.07, 6.45) is 3.49. The third-order valence-electron chi connectivity index (χ3n) is 2.84. The highest BCUT2D eigenvalue weighted by molar-refractivity contribution is 5.81. The van der Waals surface area contributed by atoms with E-state index < -0.39 is 0 Å². The zero-order valence-corrected chi connectivity index (χ0v) is 17.5. The number of aldehydes is 1. The van der Waals surface area contributed by atoms with Gasteiger partial charge in [0, 0.05) is 13.7 Å². The van der Waals surface area contributed by atoms with E-state index in [1.54, 1.807) is 0 Å². The average molecular weight is 399 g/mol. The minimum atomic E-state index is -0.356. The molecule has 0 saturated carbocycles. The van der Waals surface area contributed by atoms with Gasteiger partial charge in [-0.3, -0.25) is 4.79 Å². The first-order valence-electron chi connectivity index (χ1n) is 9.22. The lowest BCUT2D eigenvalue weighted by Crippen LogP contribution is -2.41. The Morgan fingerprint density at radius 3 is 2.07 bits per heavy atom. The van der Waals surface area contributed by atoms with Gasteiger partial charge in [-0.2, -0.15) is 0 Å². The summed E-state index contributed by atoms with van der Waals surface area (Å²) in [7, 11) is 1.00. The summed E-state index contributed by atoms with van der Waals surface area (Å²) < 4.78 is 0. The molecule has 1 aromatic carbocycles. The minimum Gasteiger partial charge on any atom is -0.400 e. The number of carbonyl (C=O) groups is 3. The number of carbonyl (C=O) groups excluding carboxylic acids is 3. The van der Waals surface area contributed by atoms with Gasteiger partial charge in [-0.05, 0) is 17.9 Å². The highest BCUT2D eigenvalue weighted by Crippen LogP contribution is 1.98. The van der Waals surface area contributed by atoms with Crippen molar-refractivity contribution < 1.29 is 19.5 Å². The predicted octanol–water partition coefficient (Wildman–Crippen LogP) is 3.37. The van der Waals surface area contributed by atoms with Crippen LogP contribution in [0, 0.1) is 5.92 Å². The van der Waals surface area contributed by atoms with Gasteiger partial charge in [-0.15, -0.1) is 0 Å². The highest BCUT2D eigenvalue weighted by Gasteiger charge is 2.09. The molecule has 0 saturated heterocycles. The lowest BCUT2D eigenvalue weighted by Gasteiger charge is -2.12. The molecule has 0 aromatic heterocycles. The molecule has 1 atom stereocenters. The highest BCUT2D eigenvalue weighted by atomic mass is 16.2. The number of hydrogen-bond donors (Lipinski definition) is 3. The zero-order chi connectivity index (χ0) is 21.5. The standard InChI is InChI=1S/C15H22N2O2.C4H10.CH4O.CH2O.CH4/c1-2-3-9-14(12-18)17-15(19)11-16-10-13-7-5-4-6-8-13;1-4(2)3;2*1-2;/h4-8,12,14,16H,2-3,9-11H2,1H3,(H,17,19);4H,1-3H3;2H,1H3;1H2;1H4. The lowest BCUT2D eigenvalue weighted by molar-refractivity contribution is -0.123. The first-order valence-corrected chi connectivity index (χ1v) is 9.22. The molecule has 164 valence electrons. The lowest BCUT2D eigenvalue weighted by atomic mass is 10.1. The Morgan fingerprint density at radius 1 is 1.14 bits per heavy atom. The SMILES string of the molecule is C.C=O.CC(C)C.CCCCC(C=O)NC(=O)CNCc1ccccc1.CO. The van der Waals surface area contributed by atoms with Crippen molar-refractivity contribution in [2.45, 2.75) is 67.0 Å². The van der Waals surface area contributed by atoms with Gasteiger partial charge < -0.3 is 25.3 Å². The van der Waals surface area contributed by atoms with Crippen molar-refractivity contribution in [1.82, 2.24) is 10.6 Å². The number of amides is 1. The second kappa shape index (κ2) is 27.2. The summed E-state index contributed by atoms with van der Waals surface area (Å²) in [5, 5.41) is 12.8. The molecule has 3 N–H and O–H groups in total. The van der Waals surface area contributed by atoms with Crippen LogP contribution in [0.5, 0.6) is 0 Å². The van der Waals surface area contributed by atoms with Crippen molar-refractivity contribution in [3.8, 4) is 0 Å². The van der Waals surface area contributed by atoms with Crippen LogP contribution >= 0.6 is 0 Å². The maximum Gasteiger partial charge on any atom is 0.234 e. The topological polar surface area (TPSA) is 95.5 Å². The summed E-state index contributed by atoms with van der Waals surface area (Å²) in [6.45, 7) is 11.4. The number of hydrogen-bond acceptors (Lipinski definition) is 5. The summed E-state index contributed by atoms with van der Waals surface area (Å²) in [4.78, 5) is 30.4. The number of benzene rings is 1. The monoisotopic (exact) mass is 398 g/mol. The molecule has 1 aromatic rings. The van der Waals surface area contributed by atoms with Gasteiger partial charge in [0.1, 0.15) is 13.1 Å². The molecule has 1 rings (SSSR count). The molecule has 0 aliphatic carbocycles. The molecule has 1 amide bonds. The maximum absolute atomic E-state index is 11.6. The van der Waals surface area contributed by atoms with Crippen LogP contribution in [0.2, 0.25) is 0 Å².